The number of carbonyl (C=O) groups is 2. The Labute approximate surface area is 188 Å². The molecule has 170 valence electrons. The Balaban J connectivity index is 1.41. The van der Waals surface area contributed by atoms with Gasteiger partial charge in [-0.25, -0.2) is 17.6 Å². The summed E-state index contributed by atoms with van der Waals surface area (Å²) in [6, 6.07) is 10.7. The third-order valence-electron chi connectivity index (χ3n) is 4.91. The van der Waals surface area contributed by atoms with Crippen LogP contribution in [-0.4, -0.2) is 38.1 Å². The first-order valence-electron chi connectivity index (χ1n) is 9.84. The number of pyridine rings is 1. The molecule has 1 aromatic heterocycles. The monoisotopic (exact) mass is 470 g/mol. The molecule has 2 heterocycles. The number of aromatic nitrogens is 1. The molecule has 2 aromatic carbocycles. The summed E-state index contributed by atoms with van der Waals surface area (Å²) >= 11 is 0. The summed E-state index contributed by atoms with van der Waals surface area (Å²) in [4.78, 5) is 28.2. The number of sulfone groups is 1. The molecule has 0 fully saturated rings. The van der Waals surface area contributed by atoms with Crippen LogP contribution >= 0.6 is 0 Å². The molecule has 3 N–H and O–H groups in total. The molecule has 9 nitrogen and oxygen atoms in total. The Morgan fingerprint density at radius 2 is 1.82 bits per heavy atom. The topological polar surface area (TPSA) is 126 Å². The van der Waals surface area contributed by atoms with Crippen molar-refractivity contribution in [1.82, 2.24) is 10.3 Å². The second kappa shape index (κ2) is 8.87. The van der Waals surface area contributed by atoms with Crippen LogP contribution in [0.4, 0.5) is 20.6 Å². The molecule has 3 amide bonds. The number of halogens is 1. The number of benzene rings is 2. The van der Waals surface area contributed by atoms with E-state index in [1.165, 1.54) is 49.6 Å². The molecule has 0 unspecified atom stereocenters. The Kier molecular flexibility index (Phi) is 5.97. The van der Waals surface area contributed by atoms with E-state index in [-0.39, 0.29) is 33.7 Å². The molecule has 3 aromatic rings. The van der Waals surface area contributed by atoms with Crippen molar-refractivity contribution in [2.75, 3.05) is 23.4 Å². The highest BCUT2D eigenvalue weighted by Crippen LogP contribution is 2.29. The van der Waals surface area contributed by atoms with Crippen LogP contribution in [0, 0.1) is 5.82 Å². The Morgan fingerprint density at radius 3 is 2.58 bits per heavy atom. The number of hydrogen-bond donors (Lipinski definition) is 3. The minimum Gasteiger partial charge on any atom is -0.457 e. The minimum absolute atomic E-state index is 0.0459. The van der Waals surface area contributed by atoms with Crippen molar-refractivity contribution in [1.29, 1.82) is 0 Å². The van der Waals surface area contributed by atoms with Crippen LogP contribution < -0.4 is 20.7 Å². The predicted molar refractivity (Wildman–Crippen MR) is 119 cm³/mol. The number of nitrogens with one attached hydrogen (secondary N) is 3. The molecule has 0 radical (unpaired) electrons. The van der Waals surface area contributed by atoms with E-state index >= 15 is 0 Å². The summed E-state index contributed by atoms with van der Waals surface area (Å²) in [5.41, 5.74) is 1.10. The number of fused-ring (bicyclic) bond motifs is 1. The van der Waals surface area contributed by atoms with Gasteiger partial charge in [-0.15, -0.1) is 0 Å². The highest BCUT2D eigenvalue weighted by atomic mass is 32.2. The van der Waals surface area contributed by atoms with Gasteiger partial charge in [0, 0.05) is 31.1 Å². The first-order chi connectivity index (χ1) is 15.7. The van der Waals surface area contributed by atoms with Gasteiger partial charge in [-0.3, -0.25) is 9.78 Å². The molecule has 0 spiro atoms. The van der Waals surface area contributed by atoms with Gasteiger partial charge in [0.25, 0.3) is 5.91 Å². The lowest BCUT2D eigenvalue weighted by Crippen LogP contribution is -2.20. The summed E-state index contributed by atoms with van der Waals surface area (Å²) in [5, 5.41) is 7.42. The van der Waals surface area contributed by atoms with E-state index in [0.29, 0.717) is 23.4 Å². The number of hydrogen-bond acceptors (Lipinski definition) is 6. The van der Waals surface area contributed by atoms with Gasteiger partial charge in [-0.2, -0.15) is 0 Å². The molecule has 0 saturated carbocycles. The largest absolute Gasteiger partial charge is 0.457 e. The average Bonchev–Trinajstić information content (AvgIpc) is 3.09. The molecule has 1 aliphatic rings. The van der Waals surface area contributed by atoms with Gasteiger partial charge in [0.05, 0.1) is 16.3 Å². The van der Waals surface area contributed by atoms with Gasteiger partial charge in [0.1, 0.15) is 23.0 Å². The van der Waals surface area contributed by atoms with E-state index in [2.05, 4.69) is 20.9 Å². The zero-order valence-corrected chi connectivity index (χ0v) is 18.2. The molecule has 0 aliphatic carbocycles. The Morgan fingerprint density at radius 1 is 1.03 bits per heavy atom. The quantitative estimate of drug-likeness (QED) is 0.525. The van der Waals surface area contributed by atoms with E-state index in [0.717, 1.165) is 6.07 Å². The van der Waals surface area contributed by atoms with Crippen molar-refractivity contribution in [3.8, 4) is 11.5 Å². The van der Waals surface area contributed by atoms with Gasteiger partial charge < -0.3 is 20.7 Å². The van der Waals surface area contributed by atoms with Crippen LogP contribution in [0.5, 0.6) is 11.5 Å². The van der Waals surface area contributed by atoms with Crippen LogP contribution in [0.1, 0.15) is 16.1 Å². The summed E-state index contributed by atoms with van der Waals surface area (Å²) in [6.07, 6.45) is 1.78. The average molecular weight is 470 g/mol. The highest BCUT2D eigenvalue weighted by Gasteiger charge is 2.26. The lowest BCUT2D eigenvalue weighted by molar-refractivity contribution is 0.0957. The van der Waals surface area contributed by atoms with Crippen LogP contribution in [0.3, 0.4) is 0 Å². The maximum Gasteiger partial charge on any atom is 0.323 e. The molecule has 4 rings (SSSR count). The van der Waals surface area contributed by atoms with Gasteiger partial charge in [0.2, 0.25) is 0 Å². The van der Waals surface area contributed by atoms with E-state index in [4.69, 9.17) is 4.74 Å². The lowest BCUT2D eigenvalue weighted by atomic mass is 10.1. The molecular formula is C22H19FN4O5S. The maximum atomic E-state index is 14.5. The summed E-state index contributed by atoms with van der Waals surface area (Å²) in [5.74, 6) is -0.623. The maximum absolute atomic E-state index is 14.5. The number of aryl methyl sites for hydroxylation is 1. The predicted octanol–water partition coefficient (Wildman–Crippen LogP) is 3.35. The van der Waals surface area contributed by atoms with Crippen molar-refractivity contribution in [3.63, 3.8) is 0 Å². The molecule has 0 bridgehead atoms. The molecule has 1 aliphatic heterocycles. The lowest BCUT2D eigenvalue weighted by Gasteiger charge is -2.11. The first-order valence-corrected chi connectivity index (χ1v) is 11.5. The van der Waals surface area contributed by atoms with E-state index in [9.17, 15) is 22.4 Å². The second-order valence-corrected chi connectivity index (χ2v) is 9.25. The number of rotatable bonds is 5. The third-order valence-corrected chi connectivity index (χ3v) is 6.72. The standard InChI is InChI=1S/C22H19FN4O5S/c1-24-21(28)19-12-16(6-8-25-19)32-15-3-4-18(17(23)11-15)27-22(29)26-14-2-5-20-13(10-14)7-9-33(20,30)31/h2-6,8,10-12H,7,9H2,1H3,(H,24,28)(H2,26,27,29). The van der Waals surface area contributed by atoms with E-state index in [1.807, 2.05) is 0 Å². The van der Waals surface area contributed by atoms with Crippen molar-refractivity contribution in [3.05, 3.63) is 71.8 Å². The van der Waals surface area contributed by atoms with Crippen LogP contribution in [0.25, 0.3) is 0 Å². The fourth-order valence-electron chi connectivity index (χ4n) is 3.32. The van der Waals surface area contributed by atoms with Crippen molar-refractivity contribution < 1.29 is 27.1 Å². The Bertz CT molecular complexity index is 1360. The van der Waals surface area contributed by atoms with Crippen LogP contribution in [-0.2, 0) is 16.3 Å². The number of carbonyl (C=O) groups excluding carboxylic acids is 2. The molecule has 0 saturated heterocycles. The summed E-state index contributed by atoms with van der Waals surface area (Å²) < 4.78 is 43.9. The minimum atomic E-state index is -3.25. The number of anilines is 2. The van der Waals surface area contributed by atoms with E-state index < -0.39 is 21.7 Å². The van der Waals surface area contributed by atoms with Gasteiger partial charge in [-0.1, -0.05) is 0 Å². The zero-order chi connectivity index (χ0) is 23.6. The number of nitrogens with zero attached hydrogens (tertiary/aromatic N) is 1. The number of amides is 3. The fraction of sp³-hybridized carbons (Fsp3) is 0.136. The van der Waals surface area contributed by atoms with Gasteiger partial charge >= 0.3 is 6.03 Å². The van der Waals surface area contributed by atoms with Crippen molar-refractivity contribution in [2.24, 2.45) is 0 Å². The zero-order valence-electron chi connectivity index (χ0n) is 17.4. The number of ether oxygens (including phenoxy) is 1. The first kappa shape index (κ1) is 22.2. The normalized spacial score (nSPS) is 13.6. The second-order valence-electron chi connectivity index (χ2n) is 7.17. The van der Waals surface area contributed by atoms with Crippen LogP contribution in [0.2, 0.25) is 0 Å². The van der Waals surface area contributed by atoms with Crippen molar-refractivity contribution >= 4 is 33.2 Å². The third kappa shape index (κ3) is 4.93. The summed E-state index contributed by atoms with van der Waals surface area (Å²) in [6.45, 7) is 0. The SMILES string of the molecule is CNC(=O)c1cc(Oc2ccc(NC(=O)Nc3ccc4c(c3)CCS4(=O)=O)c(F)c2)ccn1. The molecule has 11 heteroatoms. The highest BCUT2D eigenvalue weighted by molar-refractivity contribution is 7.91. The smallest absolute Gasteiger partial charge is 0.323 e. The fourth-order valence-corrected chi connectivity index (χ4v) is 4.86. The van der Waals surface area contributed by atoms with Crippen LogP contribution in [0.15, 0.2) is 59.6 Å². The van der Waals surface area contributed by atoms with E-state index in [1.54, 1.807) is 6.07 Å². The molecule has 0 atom stereocenters. The van der Waals surface area contributed by atoms with Gasteiger partial charge in [-0.05, 0) is 48.4 Å². The molecule has 33 heavy (non-hydrogen) atoms. The number of urea groups is 1. The van der Waals surface area contributed by atoms with Gasteiger partial charge in [0.15, 0.2) is 9.84 Å². The summed E-state index contributed by atoms with van der Waals surface area (Å²) in [7, 11) is -1.78. The Hall–Kier alpha value is -3.99. The molecular weight excluding hydrogens is 451 g/mol. The van der Waals surface area contributed by atoms with Crippen molar-refractivity contribution in [2.45, 2.75) is 11.3 Å².